The van der Waals surface area contributed by atoms with Gasteiger partial charge < -0.3 is 28.2 Å². The fourth-order valence-corrected chi connectivity index (χ4v) is 3.35. The zero-order valence-corrected chi connectivity index (χ0v) is 14.6. The van der Waals surface area contributed by atoms with E-state index in [1.807, 2.05) is 0 Å². The Morgan fingerprint density at radius 1 is 0.450 bits per heavy atom. The average molecular weight is 517 g/mol. The van der Waals surface area contributed by atoms with Crippen LogP contribution in [0.1, 0.15) is 0 Å². The molecule has 117 valence electrons. The Kier molecular flexibility index (Phi) is 38.3. The summed E-state index contributed by atoms with van der Waals surface area (Å²) in [6.45, 7) is 0. The van der Waals surface area contributed by atoms with Crippen LogP contribution in [0.3, 0.4) is 0 Å². The summed E-state index contributed by atoms with van der Waals surface area (Å²) in [5, 5.41) is 0. The first-order valence-electron chi connectivity index (χ1n) is 4.20. The van der Waals surface area contributed by atoms with Gasteiger partial charge in [0.25, 0.3) is 0 Å². The summed E-state index contributed by atoms with van der Waals surface area (Å²) in [7, 11) is 0. The van der Waals surface area contributed by atoms with Gasteiger partial charge in [-0.05, 0) is 24.3 Å². The average Bonchev–Trinajstić information content (AvgIpc) is 2.21. The summed E-state index contributed by atoms with van der Waals surface area (Å²) in [6.07, 6.45) is 0. The molecule has 0 saturated carbocycles. The number of halogens is 7. The minimum absolute atomic E-state index is 0. The van der Waals surface area contributed by atoms with E-state index in [-0.39, 0.29) is 73.9 Å². The van der Waals surface area contributed by atoms with Gasteiger partial charge in [0.2, 0.25) is 0 Å². The summed E-state index contributed by atoms with van der Waals surface area (Å²) >= 11 is 0.0287. The molecule has 0 aliphatic rings. The fraction of sp³-hybridized carbons (Fsp3) is 0. The Morgan fingerprint density at radius 3 is 0.950 bits per heavy atom. The second kappa shape index (κ2) is 20.9. The van der Waals surface area contributed by atoms with Crippen LogP contribution in [0.5, 0.6) is 0 Å². The van der Waals surface area contributed by atoms with Crippen LogP contribution in [-0.2, 0) is 0 Å². The summed E-state index contributed by atoms with van der Waals surface area (Å²) in [5.41, 5.74) is 0. The Morgan fingerprint density at radius 2 is 0.700 bits per heavy atom. The maximum absolute atomic E-state index is 2.21. The van der Waals surface area contributed by atoms with E-state index in [1.165, 1.54) is 7.14 Å². The van der Waals surface area contributed by atoms with Gasteiger partial charge in [0.15, 0.2) is 7.14 Å². The zero-order valence-electron chi connectivity index (χ0n) is 9.87. The molecule has 2 aromatic carbocycles. The van der Waals surface area contributed by atoms with E-state index in [2.05, 4.69) is 60.7 Å². The van der Waals surface area contributed by atoms with Gasteiger partial charge in [-0.25, -0.2) is 0 Å². The molecular formula is C12H10F6ISb-5. The van der Waals surface area contributed by atoms with Gasteiger partial charge >= 0.3 is 21.2 Å². The van der Waals surface area contributed by atoms with E-state index in [1.54, 1.807) is 0 Å². The van der Waals surface area contributed by atoms with Gasteiger partial charge in [-0.15, -0.1) is 0 Å². The van der Waals surface area contributed by atoms with Crippen LogP contribution in [0.4, 0.5) is 0 Å². The van der Waals surface area contributed by atoms with E-state index < -0.39 is 0 Å². The standard InChI is InChI=1S/C12H10I.6FH.Sb/c1-3-7-11(8-4-1)13-12-9-5-2-6-10-12;;;;;;;/h1-10H;6*1H;/q+1;;;;;;;/p-6. The van der Waals surface area contributed by atoms with Crippen molar-refractivity contribution in [2.24, 2.45) is 0 Å². The van der Waals surface area contributed by atoms with E-state index in [0.717, 1.165) is 0 Å². The topological polar surface area (TPSA) is 0 Å². The second-order valence-electron chi connectivity index (χ2n) is 2.69. The molecule has 20 heavy (non-hydrogen) atoms. The maximum Gasteiger partial charge on any atom is 0.357 e. The Balaban J connectivity index is -0.0000000700. The van der Waals surface area contributed by atoms with Crippen molar-refractivity contribution in [2.75, 3.05) is 0 Å². The molecule has 0 fully saturated rings. The van der Waals surface area contributed by atoms with Crippen molar-refractivity contribution < 1.29 is 49.4 Å². The van der Waals surface area contributed by atoms with Crippen LogP contribution >= 0.6 is 0 Å². The Hall–Kier alpha value is -0.432. The SMILES string of the molecule is [F-].[F-].[F-].[F-].[F-].[F-].[Sb].c1ccc([I+]c2ccccc2)cc1. The quantitative estimate of drug-likeness (QED) is 0.211. The monoisotopic (exact) mass is 516 g/mol. The third-order valence-corrected chi connectivity index (χ3v) is 4.37. The minimum atomic E-state index is 0. The number of hydrogen-bond donors (Lipinski definition) is 0. The summed E-state index contributed by atoms with van der Waals surface area (Å²) in [5.74, 6) is 0. The third-order valence-electron chi connectivity index (χ3n) is 1.68. The van der Waals surface area contributed by atoms with Gasteiger partial charge in [0.05, 0.1) is 0 Å². The maximum atomic E-state index is 2.21. The molecule has 0 bridgehead atoms. The van der Waals surface area contributed by atoms with Crippen molar-refractivity contribution in [3.8, 4) is 0 Å². The van der Waals surface area contributed by atoms with Crippen molar-refractivity contribution in [3.05, 3.63) is 67.8 Å². The molecule has 0 amide bonds. The summed E-state index contributed by atoms with van der Waals surface area (Å²) < 4.78 is 2.96. The zero-order chi connectivity index (χ0) is 8.93. The van der Waals surface area contributed by atoms with Crippen molar-refractivity contribution in [3.63, 3.8) is 0 Å². The normalized spacial score (nSPS) is 6.40. The molecule has 0 aliphatic carbocycles. The van der Waals surface area contributed by atoms with E-state index >= 15 is 0 Å². The van der Waals surface area contributed by atoms with Gasteiger partial charge in [-0.3, -0.25) is 0 Å². The molecule has 2 rings (SSSR count). The molecule has 0 heterocycles. The molecule has 0 saturated heterocycles. The predicted octanol–water partition coefficient (Wildman–Crippen LogP) is -18.5. The van der Waals surface area contributed by atoms with Crippen LogP contribution in [0.15, 0.2) is 60.7 Å². The molecule has 0 atom stereocenters. The Bertz CT molecular complexity index is 339. The fourth-order valence-electron chi connectivity index (χ4n) is 1.08. The largest absolute Gasteiger partial charge is 1.00 e. The number of hydrogen-bond acceptors (Lipinski definition) is 0. The first kappa shape index (κ1) is 36.6. The van der Waals surface area contributed by atoms with Crippen LogP contribution in [0.2, 0.25) is 0 Å². The van der Waals surface area contributed by atoms with Crippen molar-refractivity contribution in [1.82, 2.24) is 0 Å². The molecule has 0 unspecified atom stereocenters. The van der Waals surface area contributed by atoms with Crippen LogP contribution in [0.25, 0.3) is 0 Å². The molecule has 0 aliphatic heterocycles. The van der Waals surface area contributed by atoms with Gasteiger partial charge in [0.1, 0.15) is 0 Å². The molecule has 0 N–H and O–H groups in total. The first-order chi connectivity index (χ1) is 6.45. The van der Waals surface area contributed by atoms with E-state index in [4.69, 9.17) is 0 Å². The number of benzene rings is 2. The smallest absolute Gasteiger partial charge is 0.357 e. The van der Waals surface area contributed by atoms with E-state index in [0.29, 0.717) is 0 Å². The second-order valence-corrected chi connectivity index (χ2v) is 5.72. The molecule has 0 spiro atoms. The van der Waals surface area contributed by atoms with Crippen molar-refractivity contribution in [2.45, 2.75) is 0 Å². The predicted molar refractivity (Wildman–Crippen MR) is 56.0 cm³/mol. The molecule has 0 nitrogen and oxygen atoms in total. The van der Waals surface area contributed by atoms with Crippen LogP contribution in [0, 0.1) is 7.14 Å². The molecule has 2 aromatic rings. The molecule has 0 aromatic heterocycles. The van der Waals surface area contributed by atoms with Gasteiger partial charge in [-0.1, -0.05) is 36.4 Å². The Labute approximate surface area is 141 Å². The van der Waals surface area contributed by atoms with Gasteiger partial charge in [-0.2, -0.15) is 0 Å². The molecule has 3 radical (unpaired) electrons. The van der Waals surface area contributed by atoms with Gasteiger partial charge in [0, 0.05) is 24.4 Å². The van der Waals surface area contributed by atoms with Crippen molar-refractivity contribution in [1.29, 1.82) is 0 Å². The minimum Gasteiger partial charge on any atom is -1.00 e. The summed E-state index contributed by atoms with van der Waals surface area (Å²) in [4.78, 5) is 0. The van der Waals surface area contributed by atoms with Crippen LogP contribution < -0.4 is 49.4 Å². The first-order valence-corrected chi connectivity index (χ1v) is 6.36. The molecular weight excluding hydrogens is 507 g/mol. The van der Waals surface area contributed by atoms with E-state index in [9.17, 15) is 0 Å². The molecule has 8 heteroatoms. The van der Waals surface area contributed by atoms with Crippen molar-refractivity contribution >= 4 is 24.4 Å². The summed E-state index contributed by atoms with van der Waals surface area (Å²) in [6, 6.07) is 21.4. The number of rotatable bonds is 2. The van der Waals surface area contributed by atoms with Crippen LogP contribution in [-0.4, -0.2) is 24.4 Å². The third kappa shape index (κ3) is 12.6.